The van der Waals surface area contributed by atoms with Crippen LogP contribution in [0.4, 0.5) is 8.78 Å². The van der Waals surface area contributed by atoms with Gasteiger partial charge in [-0.1, -0.05) is 13.3 Å². The molecule has 6 nitrogen and oxygen atoms in total. The predicted octanol–water partition coefficient (Wildman–Crippen LogP) is 4.50. The summed E-state index contributed by atoms with van der Waals surface area (Å²) in [5.41, 5.74) is 1.20. The van der Waals surface area contributed by atoms with E-state index in [1.165, 1.54) is 6.92 Å². The van der Waals surface area contributed by atoms with E-state index in [-0.39, 0.29) is 18.1 Å². The minimum absolute atomic E-state index is 0.0228. The number of benzene rings is 1. The first-order valence-electron chi connectivity index (χ1n) is 10.1. The molecule has 0 saturated carbocycles. The minimum Gasteiger partial charge on any atom is -0.487 e. The number of nitrogens with one attached hydrogen (secondary N) is 1. The maximum Gasteiger partial charge on any atom is 0.272 e. The second kappa shape index (κ2) is 11.7. The van der Waals surface area contributed by atoms with Crippen LogP contribution in [0.25, 0.3) is 11.1 Å². The first kappa shape index (κ1) is 23.1. The van der Waals surface area contributed by atoms with Crippen LogP contribution in [0.15, 0.2) is 22.6 Å². The number of carbonyl (C=O) groups is 1. The highest BCUT2D eigenvalue weighted by Gasteiger charge is 2.13. The van der Waals surface area contributed by atoms with Crippen LogP contribution in [0.2, 0.25) is 0 Å². The molecule has 0 aliphatic rings. The van der Waals surface area contributed by atoms with Gasteiger partial charge in [-0.2, -0.15) is 0 Å². The fourth-order valence-corrected chi connectivity index (χ4v) is 3.09. The van der Waals surface area contributed by atoms with Crippen molar-refractivity contribution in [3.8, 4) is 5.75 Å². The smallest absolute Gasteiger partial charge is 0.272 e. The van der Waals surface area contributed by atoms with Gasteiger partial charge in [0, 0.05) is 25.5 Å². The monoisotopic (exact) mass is 412 g/mol. The topological polar surface area (TPSA) is 73.6 Å². The Morgan fingerprint density at radius 3 is 2.76 bits per heavy atom. The number of nitrogens with zero attached hydrogens (tertiary/aromatic N) is 1. The second-order valence-electron chi connectivity index (χ2n) is 7.18. The summed E-state index contributed by atoms with van der Waals surface area (Å²) in [5, 5.41) is 2.82. The molecule has 2 aromatic rings. The number of hydrogen-bond donors (Lipinski definition) is 1. The highest BCUT2D eigenvalue weighted by atomic mass is 19.3. The number of fused-ring (bicyclic) bond motifs is 1. The Balaban J connectivity index is 1.83. The number of ether oxygens (including phenoxy) is 2. The summed E-state index contributed by atoms with van der Waals surface area (Å²) in [5.74, 6) is 0.880. The van der Waals surface area contributed by atoms with Crippen molar-refractivity contribution in [3.05, 3.63) is 24.1 Å². The molecule has 1 amide bonds. The van der Waals surface area contributed by atoms with Crippen molar-refractivity contribution in [2.75, 3.05) is 13.2 Å². The Labute approximate surface area is 170 Å². The van der Waals surface area contributed by atoms with Crippen LogP contribution >= 0.6 is 0 Å². The normalized spacial score (nSPS) is 13.6. The SMILES string of the molecule is CCCC(CCCc1nc2ccc(OCC(F)F)cc2o1)OCC(C)NC(C)=O. The summed E-state index contributed by atoms with van der Waals surface area (Å²) in [6.45, 7) is 5.36. The van der Waals surface area contributed by atoms with Gasteiger partial charge >= 0.3 is 0 Å². The van der Waals surface area contributed by atoms with Gasteiger partial charge in [0.25, 0.3) is 6.43 Å². The fourth-order valence-electron chi connectivity index (χ4n) is 3.09. The van der Waals surface area contributed by atoms with Gasteiger partial charge < -0.3 is 19.2 Å². The Morgan fingerprint density at radius 1 is 1.28 bits per heavy atom. The third-order valence-electron chi connectivity index (χ3n) is 4.34. The summed E-state index contributed by atoms with van der Waals surface area (Å²) in [4.78, 5) is 15.5. The van der Waals surface area contributed by atoms with Gasteiger partial charge in [-0.25, -0.2) is 13.8 Å². The number of alkyl halides is 2. The van der Waals surface area contributed by atoms with E-state index in [1.54, 1.807) is 18.2 Å². The van der Waals surface area contributed by atoms with Gasteiger partial charge in [0.05, 0.1) is 12.7 Å². The van der Waals surface area contributed by atoms with E-state index < -0.39 is 13.0 Å². The molecule has 0 saturated heterocycles. The van der Waals surface area contributed by atoms with Crippen molar-refractivity contribution >= 4 is 17.0 Å². The molecule has 29 heavy (non-hydrogen) atoms. The molecule has 2 rings (SSSR count). The molecule has 0 aliphatic carbocycles. The molecule has 1 N–H and O–H groups in total. The second-order valence-corrected chi connectivity index (χ2v) is 7.18. The molecule has 1 aromatic carbocycles. The molecule has 2 unspecified atom stereocenters. The Bertz CT molecular complexity index is 766. The number of rotatable bonds is 13. The summed E-state index contributed by atoms with van der Waals surface area (Å²) >= 11 is 0. The number of amides is 1. The van der Waals surface area contributed by atoms with Gasteiger partial charge in [-0.3, -0.25) is 4.79 Å². The molecule has 162 valence electrons. The van der Waals surface area contributed by atoms with Gasteiger partial charge in [-0.05, 0) is 38.3 Å². The van der Waals surface area contributed by atoms with Crippen LogP contribution in [-0.2, 0) is 16.0 Å². The third kappa shape index (κ3) is 8.35. The van der Waals surface area contributed by atoms with Crippen molar-refractivity contribution in [2.45, 2.75) is 71.4 Å². The van der Waals surface area contributed by atoms with Gasteiger partial charge in [0.2, 0.25) is 5.91 Å². The zero-order chi connectivity index (χ0) is 21.2. The van der Waals surface area contributed by atoms with E-state index in [9.17, 15) is 13.6 Å². The first-order chi connectivity index (χ1) is 13.9. The van der Waals surface area contributed by atoms with Crippen LogP contribution in [0, 0.1) is 0 Å². The lowest BCUT2D eigenvalue weighted by molar-refractivity contribution is -0.120. The largest absolute Gasteiger partial charge is 0.487 e. The lowest BCUT2D eigenvalue weighted by atomic mass is 10.1. The zero-order valence-corrected chi connectivity index (χ0v) is 17.2. The van der Waals surface area contributed by atoms with Crippen LogP contribution in [0.5, 0.6) is 5.75 Å². The maximum absolute atomic E-state index is 12.3. The number of halogens is 2. The molecule has 0 radical (unpaired) electrons. The number of aromatic nitrogens is 1. The van der Waals surface area contributed by atoms with Crippen LogP contribution in [0.1, 0.15) is 52.3 Å². The van der Waals surface area contributed by atoms with E-state index in [2.05, 4.69) is 17.2 Å². The fraction of sp³-hybridized carbons (Fsp3) is 0.619. The highest BCUT2D eigenvalue weighted by Crippen LogP contribution is 2.23. The van der Waals surface area contributed by atoms with Crippen molar-refractivity contribution in [1.29, 1.82) is 0 Å². The zero-order valence-electron chi connectivity index (χ0n) is 17.2. The average molecular weight is 412 g/mol. The van der Waals surface area contributed by atoms with Gasteiger partial charge in [0.1, 0.15) is 17.9 Å². The lowest BCUT2D eigenvalue weighted by Gasteiger charge is -2.20. The Kier molecular flexibility index (Phi) is 9.31. The number of oxazole rings is 1. The summed E-state index contributed by atoms with van der Waals surface area (Å²) in [6.07, 6.45) is 1.94. The van der Waals surface area contributed by atoms with E-state index in [1.807, 2.05) is 6.92 Å². The van der Waals surface area contributed by atoms with E-state index in [0.717, 1.165) is 25.7 Å². The molecular weight excluding hydrogens is 382 g/mol. The number of aryl methyl sites for hydroxylation is 1. The molecule has 8 heteroatoms. The number of carbonyl (C=O) groups excluding carboxylic acids is 1. The summed E-state index contributed by atoms with van der Waals surface area (Å²) in [7, 11) is 0. The standard InChI is InChI=1S/C21H30F2N2O4/c1-4-6-16(27-12-14(2)24-15(3)26)7-5-8-21-25-18-10-9-17(11-19(18)29-21)28-13-20(22)23/h9-11,14,16,20H,4-8,12-13H2,1-3H3,(H,24,26). The average Bonchev–Trinajstić information content (AvgIpc) is 3.05. The van der Waals surface area contributed by atoms with Crippen molar-refractivity contribution < 1.29 is 27.5 Å². The molecule has 0 spiro atoms. The van der Waals surface area contributed by atoms with E-state index in [0.29, 0.717) is 35.8 Å². The quantitative estimate of drug-likeness (QED) is 0.524. The van der Waals surface area contributed by atoms with Gasteiger partial charge in [-0.15, -0.1) is 0 Å². The molecule has 0 aliphatic heterocycles. The van der Waals surface area contributed by atoms with Crippen LogP contribution in [-0.4, -0.2) is 42.7 Å². The van der Waals surface area contributed by atoms with Crippen LogP contribution < -0.4 is 10.1 Å². The third-order valence-corrected chi connectivity index (χ3v) is 4.34. The highest BCUT2D eigenvalue weighted by molar-refractivity contribution is 5.74. The first-order valence-corrected chi connectivity index (χ1v) is 10.1. The lowest BCUT2D eigenvalue weighted by Crippen LogP contribution is -2.35. The summed E-state index contributed by atoms with van der Waals surface area (Å²) < 4.78 is 41.2. The predicted molar refractivity (Wildman–Crippen MR) is 106 cm³/mol. The Hall–Kier alpha value is -2.22. The number of hydrogen-bond acceptors (Lipinski definition) is 5. The molecule has 1 heterocycles. The molecule has 0 bridgehead atoms. The summed E-state index contributed by atoms with van der Waals surface area (Å²) in [6, 6.07) is 4.87. The molecule has 0 fully saturated rings. The van der Waals surface area contributed by atoms with Crippen LogP contribution in [0.3, 0.4) is 0 Å². The molecule has 1 aromatic heterocycles. The van der Waals surface area contributed by atoms with Crippen molar-refractivity contribution in [3.63, 3.8) is 0 Å². The Morgan fingerprint density at radius 2 is 2.07 bits per heavy atom. The van der Waals surface area contributed by atoms with E-state index >= 15 is 0 Å². The van der Waals surface area contributed by atoms with Crippen molar-refractivity contribution in [2.24, 2.45) is 0 Å². The maximum atomic E-state index is 12.3. The van der Waals surface area contributed by atoms with E-state index in [4.69, 9.17) is 13.9 Å². The van der Waals surface area contributed by atoms with Gasteiger partial charge in [0.15, 0.2) is 11.5 Å². The van der Waals surface area contributed by atoms with Crippen molar-refractivity contribution in [1.82, 2.24) is 10.3 Å². The molecule has 2 atom stereocenters. The minimum atomic E-state index is -2.52. The molecular formula is C21H30F2N2O4.